The normalized spacial score (nSPS) is 13.2. The Morgan fingerprint density at radius 2 is 1.48 bits per heavy atom. The third kappa shape index (κ3) is 8.04. The minimum absolute atomic E-state index is 0.0171. The van der Waals surface area contributed by atoms with Crippen LogP contribution in [0.4, 0.5) is 0 Å². The van der Waals surface area contributed by atoms with Crippen LogP contribution in [0.2, 0.25) is 0 Å². The molecule has 178 valence electrons. The maximum atomic E-state index is 13.1. The monoisotopic (exact) mass is 452 g/mol. The van der Waals surface area contributed by atoms with Gasteiger partial charge in [-0.1, -0.05) is 77.1 Å². The number of esters is 1. The van der Waals surface area contributed by atoms with Crippen molar-refractivity contribution in [2.24, 2.45) is 5.92 Å². The Morgan fingerprint density at radius 3 is 2.00 bits per heavy atom. The Kier molecular flexibility index (Phi) is 9.21. The smallest absolute Gasteiger partial charge is 0.328 e. The highest BCUT2D eigenvalue weighted by molar-refractivity contribution is 5.98. The van der Waals surface area contributed by atoms with Crippen LogP contribution in [0.3, 0.4) is 0 Å². The summed E-state index contributed by atoms with van der Waals surface area (Å²) in [4.78, 5) is 38.3. The topological polar surface area (TPSA) is 84.5 Å². The first-order valence-corrected chi connectivity index (χ1v) is 11.3. The number of benzene rings is 2. The molecule has 6 heteroatoms. The minimum atomic E-state index is -0.845. The van der Waals surface area contributed by atoms with Crippen molar-refractivity contribution in [1.82, 2.24) is 10.6 Å². The third-order valence-electron chi connectivity index (χ3n) is 5.43. The molecule has 2 amide bonds. The highest BCUT2D eigenvalue weighted by Gasteiger charge is 2.28. The van der Waals surface area contributed by atoms with Gasteiger partial charge >= 0.3 is 5.97 Å². The van der Waals surface area contributed by atoms with Crippen LogP contribution >= 0.6 is 0 Å². The van der Waals surface area contributed by atoms with E-state index in [1.807, 2.05) is 56.3 Å². The number of methoxy groups -OCH3 is 1. The zero-order valence-electron chi connectivity index (χ0n) is 20.5. The summed E-state index contributed by atoms with van der Waals surface area (Å²) in [6.45, 7) is 10.3. The summed E-state index contributed by atoms with van der Waals surface area (Å²) < 4.78 is 4.89. The summed E-state index contributed by atoms with van der Waals surface area (Å²) in [5.74, 6) is -1.10. The van der Waals surface area contributed by atoms with Crippen LogP contribution < -0.4 is 10.6 Å². The van der Waals surface area contributed by atoms with Crippen molar-refractivity contribution >= 4 is 17.8 Å². The second-order valence-electron chi connectivity index (χ2n) is 9.76. The van der Waals surface area contributed by atoms with E-state index in [0.717, 1.165) is 11.1 Å². The van der Waals surface area contributed by atoms with Gasteiger partial charge in [0, 0.05) is 12.0 Å². The number of ether oxygens (including phenoxy) is 1. The molecule has 0 aromatic heterocycles. The van der Waals surface area contributed by atoms with Crippen LogP contribution in [-0.2, 0) is 26.2 Å². The van der Waals surface area contributed by atoms with Crippen molar-refractivity contribution in [2.75, 3.05) is 7.11 Å². The standard InChI is InChI=1S/C27H36N2O4/c1-18(2)16-22(28-24(30)20-12-14-21(15-13-20)27(3,4)5)25(31)29-23(26(32)33-6)17-19-10-8-7-9-11-19/h7-15,18,22-23H,16-17H2,1-6H3,(H,28,30)(H,29,31). The molecule has 2 aromatic rings. The lowest BCUT2D eigenvalue weighted by atomic mass is 9.86. The molecule has 0 aliphatic heterocycles. The Labute approximate surface area is 197 Å². The first-order valence-electron chi connectivity index (χ1n) is 11.3. The van der Waals surface area contributed by atoms with Crippen LogP contribution in [0.1, 0.15) is 62.5 Å². The molecular weight excluding hydrogens is 416 g/mol. The average Bonchev–Trinajstić information content (AvgIpc) is 2.77. The van der Waals surface area contributed by atoms with Gasteiger partial charge in [0.05, 0.1) is 7.11 Å². The molecule has 2 unspecified atom stereocenters. The van der Waals surface area contributed by atoms with E-state index < -0.39 is 24.0 Å². The fraction of sp³-hybridized carbons (Fsp3) is 0.444. The lowest BCUT2D eigenvalue weighted by Gasteiger charge is -2.24. The van der Waals surface area contributed by atoms with Gasteiger partial charge in [-0.3, -0.25) is 9.59 Å². The second kappa shape index (κ2) is 11.6. The fourth-order valence-electron chi connectivity index (χ4n) is 3.52. The minimum Gasteiger partial charge on any atom is -0.467 e. The van der Waals surface area contributed by atoms with E-state index in [1.54, 1.807) is 12.1 Å². The summed E-state index contributed by atoms with van der Waals surface area (Å²) in [7, 11) is 1.29. The molecule has 0 saturated heterocycles. The van der Waals surface area contributed by atoms with E-state index in [0.29, 0.717) is 18.4 Å². The van der Waals surface area contributed by atoms with Gasteiger partial charge < -0.3 is 15.4 Å². The highest BCUT2D eigenvalue weighted by atomic mass is 16.5. The van der Waals surface area contributed by atoms with Gasteiger partial charge in [0.2, 0.25) is 5.91 Å². The van der Waals surface area contributed by atoms with Crippen molar-refractivity contribution in [1.29, 1.82) is 0 Å². The van der Waals surface area contributed by atoms with Gasteiger partial charge in [0.25, 0.3) is 5.91 Å². The molecule has 0 fully saturated rings. The van der Waals surface area contributed by atoms with Crippen LogP contribution in [0.15, 0.2) is 54.6 Å². The molecule has 2 rings (SSSR count). The largest absolute Gasteiger partial charge is 0.467 e. The maximum Gasteiger partial charge on any atom is 0.328 e. The van der Waals surface area contributed by atoms with Crippen LogP contribution in [0.25, 0.3) is 0 Å². The maximum absolute atomic E-state index is 13.1. The van der Waals surface area contributed by atoms with E-state index in [4.69, 9.17) is 4.74 Å². The molecule has 0 spiro atoms. The molecule has 0 heterocycles. The van der Waals surface area contributed by atoms with Gasteiger partial charge in [-0.25, -0.2) is 4.79 Å². The average molecular weight is 453 g/mol. The summed E-state index contributed by atoms with van der Waals surface area (Å²) >= 11 is 0. The van der Waals surface area contributed by atoms with E-state index in [-0.39, 0.29) is 17.2 Å². The van der Waals surface area contributed by atoms with Crippen molar-refractivity contribution in [2.45, 2.75) is 65.0 Å². The van der Waals surface area contributed by atoms with Crippen molar-refractivity contribution in [3.63, 3.8) is 0 Å². The van der Waals surface area contributed by atoms with E-state index in [9.17, 15) is 14.4 Å². The molecule has 0 saturated carbocycles. The molecule has 6 nitrogen and oxygen atoms in total. The number of carbonyl (C=O) groups excluding carboxylic acids is 3. The van der Waals surface area contributed by atoms with Crippen molar-refractivity contribution < 1.29 is 19.1 Å². The van der Waals surface area contributed by atoms with Gasteiger partial charge in [-0.05, 0) is 41.0 Å². The van der Waals surface area contributed by atoms with Crippen LogP contribution in [0, 0.1) is 5.92 Å². The molecule has 33 heavy (non-hydrogen) atoms. The zero-order chi connectivity index (χ0) is 24.6. The number of rotatable bonds is 9. The van der Waals surface area contributed by atoms with Gasteiger partial charge in [-0.2, -0.15) is 0 Å². The van der Waals surface area contributed by atoms with E-state index in [1.165, 1.54) is 7.11 Å². The van der Waals surface area contributed by atoms with Crippen LogP contribution in [0.5, 0.6) is 0 Å². The molecule has 0 aliphatic rings. The molecular formula is C27H36N2O4. The molecule has 2 N–H and O–H groups in total. The van der Waals surface area contributed by atoms with Gasteiger partial charge in [0.1, 0.15) is 12.1 Å². The Balaban J connectivity index is 2.15. The highest BCUT2D eigenvalue weighted by Crippen LogP contribution is 2.22. The zero-order valence-corrected chi connectivity index (χ0v) is 20.5. The summed E-state index contributed by atoms with van der Waals surface area (Å²) in [5.41, 5.74) is 2.49. The van der Waals surface area contributed by atoms with Gasteiger partial charge in [0.15, 0.2) is 0 Å². The first-order chi connectivity index (χ1) is 15.5. The van der Waals surface area contributed by atoms with Crippen LogP contribution in [-0.4, -0.2) is 37.0 Å². The molecule has 0 bridgehead atoms. The number of hydrogen-bond acceptors (Lipinski definition) is 4. The van der Waals surface area contributed by atoms with E-state index in [2.05, 4.69) is 31.4 Å². The lowest BCUT2D eigenvalue weighted by Crippen LogP contribution is -2.52. The lowest BCUT2D eigenvalue weighted by molar-refractivity contribution is -0.145. The van der Waals surface area contributed by atoms with Crippen molar-refractivity contribution in [3.05, 3.63) is 71.3 Å². The first kappa shape index (κ1) is 26.1. The predicted octanol–water partition coefficient (Wildman–Crippen LogP) is 4.03. The summed E-state index contributed by atoms with van der Waals surface area (Å²) in [6, 6.07) is 15.2. The summed E-state index contributed by atoms with van der Waals surface area (Å²) in [5, 5.41) is 5.62. The van der Waals surface area contributed by atoms with Crippen molar-refractivity contribution in [3.8, 4) is 0 Å². The second-order valence-corrected chi connectivity index (χ2v) is 9.76. The molecule has 2 aromatic carbocycles. The summed E-state index contributed by atoms with van der Waals surface area (Å²) in [6.07, 6.45) is 0.743. The molecule has 2 atom stereocenters. The fourth-order valence-corrected chi connectivity index (χ4v) is 3.52. The molecule has 0 radical (unpaired) electrons. The van der Waals surface area contributed by atoms with Gasteiger partial charge in [-0.15, -0.1) is 0 Å². The SMILES string of the molecule is COC(=O)C(Cc1ccccc1)NC(=O)C(CC(C)C)NC(=O)c1ccc(C(C)(C)C)cc1. The molecule has 0 aliphatic carbocycles. The number of amides is 2. The quantitative estimate of drug-likeness (QED) is 0.563. The number of hydrogen-bond donors (Lipinski definition) is 2. The Hall–Kier alpha value is -3.15. The van der Waals surface area contributed by atoms with E-state index >= 15 is 0 Å². The number of nitrogens with one attached hydrogen (secondary N) is 2. The Bertz CT molecular complexity index is 931. The Morgan fingerprint density at radius 1 is 0.879 bits per heavy atom. The number of carbonyl (C=O) groups is 3. The third-order valence-corrected chi connectivity index (χ3v) is 5.43. The predicted molar refractivity (Wildman–Crippen MR) is 130 cm³/mol.